The van der Waals surface area contributed by atoms with Gasteiger partial charge < -0.3 is 18.7 Å². The maximum Gasteiger partial charge on any atom is 0.422 e. The van der Waals surface area contributed by atoms with Crippen LogP contribution in [0, 0.1) is 6.92 Å². The molecule has 36 heavy (non-hydrogen) atoms. The van der Waals surface area contributed by atoms with Gasteiger partial charge in [0.1, 0.15) is 17.3 Å². The number of hydrogen-bond donors (Lipinski definition) is 0. The van der Waals surface area contributed by atoms with Crippen molar-refractivity contribution in [2.75, 3.05) is 6.54 Å². The molecule has 0 aromatic carbocycles. The van der Waals surface area contributed by atoms with Crippen LogP contribution in [0.15, 0.2) is 20.2 Å². The number of nitrogens with zero attached hydrogens (tertiary/aromatic N) is 5. The fraction of sp³-hybridized carbons (Fsp3) is 0.652. The van der Waals surface area contributed by atoms with Crippen LogP contribution in [0.3, 0.4) is 0 Å². The number of carbonyl (C=O) groups excluding carboxylic acids is 2. The van der Waals surface area contributed by atoms with Crippen LogP contribution >= 0.6 is 0 Å². The van der Waals surface area contributed by atoms with Crippen molar-refractivity contribution in [3.05, 3.63) is 44.3 Å². The van der Waals surface area contributed by atoms with Crippen LogP contribution in [0.2, 0.25) is 0 Å². The molecule has 2 aromatic heterocycles. The highest BCUT2D eigenvalue weighted by molar-refractivity contribution is 6.31. The average molecular weight is 501 g/mol. The van der Waals surface area contributed by atoms with Gasteiger partial charge in [0.05, 0.1) is 19.1 Å². The smallest absolute Gasteiger partial charge is 0.394 e. The van der Waals surface area contributed by atoms with E-state index in [0.29, 0.717) is 25.1 Å². The highest BCUT2D eigenvalue weighted by Crippen LogP contribution is 2.38. The zero-order valence-corrected chi connectivity index (χ0v) is 19.9. The predicted octanol–water partition coefficient (Wildman–Crippen LogP) is -0.0398. The maximum absolute atomic E-state index is 13.2. The molecule has 2 aromatic rings. The van der Waals surface area contributed by atoms with E-state index in [2.05, 4.69) is 15.0 Å². The summed E-state index contributed by atoms with van der Waals surface area (Å²) in [6.45, 7) is 3.18. The second kappa shape index (κ2) is 8.66. The fourth-order valence-corrected chi connectivity index (χ4v) is 6.03. The molecule has 2 unspecified atom stereocenters. The molecule has 6 rings (SSSR count). The third kappa shape index (κ3) is 3.86. The van der Waals surface area contributed by atoms with E-state index in [1.54, 1.807) is 0 Å². The Balaban J connectivity index is 1.09. The minimum Gasteiger partial charge on any atom is -0.394 e. The van der Waals surface area contributed by atoms with Crippen molar-refractivity contribution in [1.29, 1.82) is 0 Å². The van der Waals surface area contributed by atoms with Crippen LogP contribution in [-0.4, -0.2) is 60.8 Å². The lowest BCUT2D eigenvalue weighted by Gasteiger charge is -2.38. The summed E-state index contributed by atoms with van der Waals surface area (Å²) in [6, 6.07) is 2.67. The molecular weight excluding hydrogens is 474 g/mol. The molecule has 13 heteroatoms. The van der Waals surface area contributed by atoms with E-state index >= 15 is 0 Å². The quantitative estimate of drug-likeness (QED) is 0.372. The molecule has 0 aliphatic carbocycles. The molecular formula is C23H27N5O8. The minimum absolute atomic E-state index is 0.0484. The van der Waals surface area contributed by atoms with Gasteiger partial charge in [0.25, 0.3) is 0 Å². The summed E-state index contributed by atoms with van der Waals surface area (Å²) in [7, 11) is 0. The fourth-order valence-electron chi connectivity index (χ4n) is 6.03. The van der Waals surface area contributed by atoms with Gasteiger partial charge in [0, 0.05) is 37.7 Å². The molecule has 2 bridgehead atoms. The SMILES string of the molecule is Cc1cc(COC2CC3CCC(C2)N3CCCn2c(=O)nc3n(c2=O)C2(CC3)OC(=O)C(=O)O2)no1. The Morgan fingerprint density at radius 2 is 1.81 bits per heavy atom. The number of hydrogen-bond acceptors (Lipinski definition) is 11. The topological polar surface area (TPSA) is 148 Å². The molecule has 4 aliphatic heterocycles. The Bertz CT molecular complexity index is 1300. The number of rotatable bonds is 7. The van der Waals surface area contributed by atoms with E-state index in [-0.39, 0.29) is 31.3 Å². The number of ether oxygens (including phenoxy) is 3. The summed E-state index contributed by atoms with van der Waals surface area (Å²) in [5, 5.41) is 3.99. The number of piperidine rings is 1. The second-order valence-electron chi connectivity index (χ2n) is 9.88. The molecule has 3 fully saturated rings. The van der Waals surface area contributed by atoms with Crippen LogP contribution in [0.4, 0.5) is 0 Å². The largest absolute Gasteiger partial charge is 0.422 e. The minimum atomic E-state index is -1.84. The van der Waals surface area contributed by atoms with Gasteiger partial charge in [0.15, 0.2) is 0 Å². The first-order valence-corrected chi connectivity index (χ1v) is 12.3. The zero-order valence-electron chi connectivity index (χ0n) is 19.9. The molecule has 192 valence electrons. The average Bonchev–Trinajstić information content (AvgIpc) is 3.55. The van der Waals surface area contributed by atoms with E-state index in [0.717, 1.165) is 52.8 Å². The van der Waals surface area contributed by atoms with Crippen molar-refractivity contribution in [1.82, 2.24) is 24.2 Å². The lowest BCUT2D eigenvalue weighted by atomic mass is 9.99. The van der Waals surface area contributed by atoms with Gasteiger partial charge in [-0.15, -0.1) is 0 Å². The van der Waals surface area contributed by atoms with E-state index in [4.69, 9.17) is 18.7 Å². The highest BCUT2D eigenvalue weighted by Gasteiger charge is 2.55. The Kier molecular flexibility index (Phi) is 5.56. The van der Waals surface area contributed by atoms with Crippen LogP contribution in [-0.2, 0) is 49.3 Å². The van der Waals surface area contributed by atoms with Crippen molar-refractivity contribution in [3.63, 3.8) is 0 Å². The molecule has 0 amide bonds. The van der Waals surface area contributed by atoms with Crippen LogP contribution in [0.1, 0.15) is 55.8 Å². The molecule has 0 saturated carbocycles. The van der Waals surface area contributed by atoms with Crippen molar-refractivity contribution in [2.24, 2.45) is 0 Å². The van der Waals surface area contributed by atoms with Gasteiger partial charge in [-0.05, 0) is 39.0 Å². The summed E-state index contributed by atoms with van der Waals surface area (Å²) in [4.78, 5) is 55.5. The van der Waals surface area contributed by atoms with Gasteiger partial charge in [-0.3, -0.25) is 4.90 Å². The summed E-state index contributed by atoms with van der Waals surface area (Å²) in [5.41, 5.74) is -0.550. The van der Waals surface area contributed by atoms with Crippen molar-refractivity contribution in [3.8, 4) is 0 Å². The zero-order chi connectivity index (χ0) is 25.0. The maximum atomic E-state index is 13.2. The first-order chi connectivity index (χ1) is 17.3. The van der Waals surface area contributed by atoms with E-state index in [1.807, 2.05) is 13.0 Å². The lowest BCUT2D eigenvalue weighted by molar-refractivity contribution is -0.219. The van der Waals surface area contributed by atoms with Crippen molar-refractivity contribution in [2.45, 2.75) is 89.1 Å². The van der Waals surface area contributed by atoms with Gasteiger partial charge in [-0.1, -0.05) is 5.16 Å². The number of fused-ring (bicyclic) bond motifs is 4. The summed E-state index contributed by atoms with van der Waals surface area (Å²) in [5.74, 6) is -3.25. The van der Waals surface area contributed by atoms with Gasteiger partial charge in [-0.25, -0.2) is 28.3 Å². The molecule has 3 saturated heterocycles. The lowest BCUT2D eigenvalue weighted by Crippen LogP contribution is -2.49. The molecule has 0 radical (unpaired) electrons. The van der Waals surface area contributed by atoms with Crippen molar-refractivity contribution >= 4 is 11.9 Å². The van der Waals surface area contributed by atoms with Gasteiger partial charge in [-0.2, -0.15) is 4.98 Å². The van der Waals surface area contributed by atoms with E-state index in [9.17, 15) is 19.2 Å². The van der Waals surface area contributed by atoms with Crippen molar-refractivity contribution < 1.29 is 28.3 Å². The third-order valence-electron chi connectivity index (χ3n) is 7.59. The summed E-state index contributed by atoms with van der Waals surface area (Å²) in [6.07, 6.45) is 5.00. The Labute approximate surface area is 204 Å². The number of carbonyl (C=O) groups is 2. The third-order valence-corrected chi connectivity index (χ3v) is 7.59. The van der Waals surface area contributed by atoms with Crippen LogP contribution in [0.25, 0.3) is 0 Å². The van der Waals surface area contributed by atoms with Crippen LogP contribution in [0.5, 0.6) is 0 Å². The van der Waals surface area contributed by atoms with E-state index < -0.39 is 29.2 Å². The summed E-state index contributed by atoms with van der Waals surface area (Å²) < 4.78 is 23.4. The Hall–Kier alpha value is -3.32. The standard InChI is InChI=1S/C23H27N5O8/c1-13-9-14(25-36-13)12-33-17-10-15-3-4-16(11-17)26(15)7-2-8-27-21(31)24-18-5-6-23(28(18)22(27)32)34-19(29)20(30)35-23/h9,15-17H,2-8,10-12H2,1H3. The first-order valence-electron chi connectivity index (χ1n) is 12.3. The molecule has 1 spiro atoms. The molecule has 2 atom stereocenters. The number of aromatic nitrogens is 4. The number of esters is 2. The molecule has 0 N–H and O–H groups in total. The summed E-state index contributed by atoms with van der Waals surface area (Å²) >= 11 is 0. The predicted molar refractivity (Wildman–Crippen MR) is 118 cm³/mol. The molecule has 4 aliphatic rings. The second-order valence-corrected chi connectivity index (χ2v) is 9.88. The highest BCUT2D eigenvalue weighted by atomic mass is 16.8. The number of aryl methyl sites for hydroxylation is 2. The molecule has 6 heterocycles. The monoisotopic (exact) mass is 501 g/mol. The van der Waals surface area contributed by atoms with Gasteiger partial charge in [0.2, 0.25) is 0 Å². The van der Waals surface area contributed by atoms with Crippen LogP contribution < -0.4 is 11.4 Å². The van der Waals surface area contributed by atoms with E-state index in [1.165, 1.54) is 0 Å². The Morgan fingerprint density at radius 1 is 1.08 bits per heavy atom. The van der Waals surface area contributed by atoms with Gasteiger partial charge >= 0.3 is 29.2 Å². The Morgan fingerprint density at radius 3 is 2.47 bits per heavy atom. The molecule has 13 nitrogen and oxygen atoms in total. The normalized spacial score (nSPS) is 26.4. The first kappa shape index (κ1) is 23.1.